The smallest absolute Gasteiger partial charge is 0.158 e. The molecule has 0 saturated carbocycles. The minimum Gasteiger partial charge on any atom is -0.496 e. The second kappa shape index (κ2) is 6.10. The molecular weight excluding hydrogens is 244 g/mol. The third-order valence-corrected chi connectivity index (χ3v) is 2.71. The van der Waals surface area contributed by atoms with E-state index in [1.807, 2.05) is 24.3 Å². The van der Waals surface area contributed by atoms with E-state index < -0.39 is 0 Å². The first-order valence-electron chi connectivity index (χ1n) is 5.95. The van der Waals surface area contributed by atoms with Crippen LogP contribution in [-0.2, 0) is 24.3 Å². The molecule has 0 aliphatic carbocycles. The van der Waals surface area contributed by atoms with Crippen LogP contribution in [-0.4, -0.2) is 27.9 Å². The molecule has 19 heavy (non-hydrogen) atoms. The largest absolute Gasteiger partial charge is 0.496 e. The second-order valence-corrected chi connectivity index (χ2v) is 4.14. The summed E-state index contributed by atoms with van der Waals surface area (Å²) in [5.41, 5.74) is 6.98. The maximum atomic E-state index is 12.0. The molecule has 100 valence electrons. The van der Waals surface area contributed by atoms with Crippen LogP contribution in [0.4, 0.5) is 0 Å². The molecule has 0 fully saturated rings. The molecule has 0 bridgehead atoms. The number of carbonyl (C=O) groups is 1. The highest BCUT2D eigenvalue weighted by atomic mass is 16.5. The van der Waals surface area contributed by atoms with Gasteiger partial charge in [-0.2, -0.15) is 0 Å². The molecule has 0 aliphatic rings. The number of hydrogen-bond donors (Lipinski definition) is 1. The van der Waals surface area contributed by atoms with Crippen molar-refractivity contribution in [2.45, 2.75) is 19.5 Å². The Hall–Kier alpha value is -2.21. The normalized spacial score (nSPS) is 10.4. The number of ether oxygens (including phenoxy) is 1. The van der Waals surface area contributed by atoms with Crippen LogP contribution in [0.2, 0.25) is 0 Å². The van der Waals surface area contributed by atoms with Gasteiger partial charge in [0.15, 0.2) is 5.78 Å². The predicted molar refractivity (Wildman–Crippen MR) is 69.6 cm³/mol. The molecule has 0 atom stereocenters. The van der Waals surface area contributed by atoms with Gasteiger partial charge >= 0.3 is 0 Å². The maximum absolute atomic E-state index is 12.0. The highest BCUT2D eigenvalue weighted by molar-refractivity contribution is 5.81. The molecule has 1 aromatic heterocycles. The van der Waals surface area contributed by atoms with Crippen LogP contribution in [0, 0.1) is 0 Å². The lowest BCUT2D eigenvalue weighted by Gasteiger charge is -2.07. The highest BCUT2D eigenvalue weighted by Crippen LogP contribution is 2.18. The number of Topliss-reactive ketones (excluding diaryl/α,β-unsaturated/α-hetero) is 1. The summed E-state index contributed by atoms with van der Waals surface area (Å²) in [5.74, 6) is 0.759. The number of para-hydroxylation sites is 1. The summed E-state index contributed by atoms with van der Waals surface area (Å²) < 4.78 is 6.71. The summed E-state index contributed by atoms with van der Waals surface area (Å²) in [6, 6.07) is 7.47. The fourth-order valence-electron chi connectivity index (χ4n) is 1.81. The molecule has 0 saturated heterocycles. The molecule has 0 amide bonds. The van der Waals surface area contributed by atoms with Crippen molar-refractivity contribution in [3.05, 3.63) is 41.7 Å². The van der Waals surface area contributed by atoms with Gasteiger partial charge in [0, 0.05) is 18.5 Å². The summed E-state index contributed by atoms with van der Waals surface area (Å²) in [6.07, 6.45) is 1.99. The van der Waals surface area contributed by atoms with E-state index in [1.165, 1.54) is 4.68 Å². The molecular formula is C13H16N4O2. The van der Waals surface area contributed by atoms with Gasteiger partial charge in [0.05, 0.1) is 19.0 Å². The van der Waals surface area contributed by atoms with E-state index in [4.69, 9.17) is 10.5 Å². The molecule has 6 nitrogen and oxygen atoms in total. The van der Waals surface area contributed by atoms with Crippen molar-refractivity contribution in [1.82, 2.24) is 15.0 Å². The number of nitrogens with zero attached hydrogens (tertiary/aromatic N) is 3. The molecule has 1 heterocycles. The van der Waals surface area contributed by atoms with E-state index >= 15 is 0 Å². The first-order valence-corrected chi connectivity index (χ1v) is 5.95. The van der Waals surface area contributed by atoms with E-state index in [-0.39, 0.29) is 12.3 Å². The number of aromatic nitrogens is 3. The lowest BCUT2D eigenvalue weighted by molar-refractivity contribution is -0.119. The molecule has 2 N–H and O–H groups in total. The van der Waals surface area contributed by atoms with E-state index in [9.17, 15) is 4.79 Å². The van der Waals surface area contributed by atoms with Crippen LogP contribution in [0.15, 0.2) is 30.5 Å². The molecule has 0 unspecified atom stereocenters. The molecule has 1 aromatic carbocycles. The zero-order chi connectivity index (χ0) is 13.7. The molecule has 2 rings (SSSR count). The molecule has 0 spiro atoms. The van der Waals surface area contributed by atoms with Gasteiger partial charge in [-0.25, -0.2) is 4.68 Å². The van der Waals surface area contributed by atoms with Gasteiger partial charge in [-0.15, -0.1) is 5.10 Å². The van der Waals surface area contributed by atoms with Crippen LogP contribution in [0.5, 0.6) is 5.75 Å². The summed E-state index contributed by atoms with van der Waals surface area (Å²) >= 11 is 0. The number of carbonyl (C=O) groups excluding carboxylic acids is 1. The summed E-state index contributed by atoms with van der Waals surface area (Å²) in [4.78, 5) is 12.0. The van der Waals surface area contributed by atoms with Gasteiger partial charge in [0.25, 0.3) is 0 Å². The van der Waals surface area contributed by atoms with Crippen molar-refractivity contribution >= 4 is 5.78 Å². The monoisotopic (exact) mass is 260 g/mol. The van der Waals surface area contributed by atoms with Crippen molar-refractivity contribution in [2.75, 3.05) is 7.11 Å². The molecule has 0 aliphatic heterocycles. The highest BCUT2D eigenvalue weighted by Gasteiger charge is 2.10. The van der Waals surface area contributed by atoms with Gasteiger partial charge in [-0.1, -0.05) is 23.4 Å². The van der Waals surface area contributed by atoms with Crippen molar-refractivity contribution < 1.29 is 9.53 Å². The fourth-order valence-corrected chi connectivity index (χ4v) is 1.81. The number of methoxy groups -OCH3 is 1. The number of nitrogens with two attached hydrogens (primary N) is 1. The van der Waals surface area contributed by atoms with Gasteiger partial charge in [-0.3, -0.25) is 4.79 Å². The topological polar surface area (TPSA) is 83.0 Å². The summed E-state index contributed by atoms with van der Waals surface area (Å²) in [7, 11) is 1.59. The first-order chi connectivity index (χ1) is 9.22. The third kappa shape index (κ3) is 3.38. The third-order valence-electron chi connectivity index (χ3n) is 2.71. The number of rotatable bonds is 6. The number of hydrogen-bond acceptors (Lipinski definition) is 5. The standard InChI is InChI=1S/C13H16N4O2/c1-19-13-5-3-2-4-10(13)6-12(18)9-17-8-11(7-14)15-16-17/h2-5,8H,6-7,9,14H2,1H3. The average molecular weight is 260 g/mol. The van der Waals surface area contributed by atoms with Crippen LogP contribution in [0.1, 0.15) is 11.3 Å². The van der Waals surface area contributed by atoms with Crippen LogP contribution in [0.25, 0.3) is 0 Å². The fraction of sp³-hybridized carbons (Fsp3) is 0.308. The SMILES string of the molecule is COc1ccccc1CC(=O)Cn1cc(CN)nn1. The Kier molecular flexibility index (Phi) is 4.25. The maximum Gasteiger partial charge on any atom is 0.158 e. The van der Waals surface area contributed by atoms with Gasteiger partial charge in [0.2, 0.25) is 0 Å². The zero-order valence-electron chi connectivity index (χ0n) is 10.7. The minimum atomic E-state index is 0.0398. The predicted octanol–water partition coefficient (Wildman–Crippen LogP) is 0.557. The van der Waals surface area contributed by atoms with Crippen molar-refractivity contribution in [2.24, 2.45) is 5.73 Å². The van der Waals surface area contributed by atoms with Crippen LogP contribution >= 0.6 is 0 Å². The van der Waals surface area contributed by atoms with Crippen molar-refractivity contribution in [3.8, 4) is 5.75 Å². The zero-order valence-corrected chi connectivity index (χ0v) is 10.7. The average Bonchev–Trinajstić information content (AvgIpc) is 2.87. The Labute approximate surface area is 111 Å². The minimum absolute atomic E-state index is 0.0398. The van der Waals surface area contributed by atoms with Gasteiger partial charge < -0.3 is 10.5 Å². The van der Waals surface area contributed by atoms with Crippen molar-refractivity contribution in [3.63, 3.8) is 0 Å². The number of ketones is 1. The van der Waals surface area contributed by atoms with E-state index in [0.29, 0.717) is 18.7 Å². The Morgan fingerprint density at radius 2 is 2.21 bits per heavy atom. The lowest BCUT2D eigenvalue weighted by Crippen LogP contribution is -2.13. The Morgan fingerprint density at radius 1 is 1.42 bits per heavy atom. The quantitative estimate of drug-likeness (QED) is 0.820. The first kappa shape index (κ1) is 13.2. The molecule has 0 radical (unpaired) electrons. The van der Waals surface area contributed by atoms with E-state index in [0.717, 1.165) is 11.3 Å². The lowest BCUT2D eigenvalue weighted by atomic mass is 10.1. The Bertz CT molecular complexity index is 565. The Morgan fingerprint density at radius 3 is 2.89 bits per heavy atom. The van der Waals surface area contributed by atoms with Gasteiger partial charge in [0.1, 0.15) is 12.3 Å². The van der Waals surface area contributed by atoms with Crippen molar-refractivity contribution in [1.29, 1.82) is 0 Å². The molecule has 6 heteroatoms. The van der Waals surface area contributed by atoms with Gasteiger partial charge in [-0.05, 0) is 6.07 Å². The second-order valence-electron chi connectivity index (χ2n) is 4.14. The Balaban J connectivity index is 2.01. The number of benzene rings is 1. The van der Waals surface area contributed by atoms with E-state index in [1.54, 1.807) is 13.3 Å². The van der Waals surface area contributed by atoms with Crippen LogP contribution < -0.4 is 10.5 Å². The van der Waals surface area contributed by atoms with E-state index in [2.05, 4.69) is 10.3 Å². The summed E-state index contributed by atoms with van der Waals surface area (Å²) in [5, 5.41) is 7.69. The molecule has 2 aromatic rings. The van der Waals surface area contributed by atoms with Crippen LogP contribution in [0.3, 0.4) is 0 Å². The summed E-state index contributed by atoms with van der Waals surface area (Å²) in [6.45, 7) is 0.506.